The Morgan fingerprint density at radius 2 is 1.88 bits per heavy atom. The van der Waals surface area contributed by atoms with E-state index in [9.17, 15) is 0 Å². The average molecular weight is 254 g/mol. The van der Waals surface area contributed by atoms with Crippen molar-refractivity contribution in [2.45, 2.75) is 13.8 Å². The van der Waals surface area contributed by atoms with E-state index in [4.69, 9.17) is 17.3 Å². The van der Waals surface area contributed by atoms with Gasteiger partial charge in [-0.25, -0.2) is 0 Å². The minimum absolute atomic E-state index is 0.769. The Morgan fingerprint density at radius 1 is 1.24 bits per heavy atom. The summed E-state index contributed by atoms with van der Waals surface area (Å²) in [5.41, 5.74) is 8.73. The molecule has 94 valence electrons. The van der Waals surface area contributed by atoms with E-state index in [-0.39, 0.29) is 0 Å². The maximum Gasteiger partial charge on any atom is 0.0689 e. The highest BCUT2D eigenvalue weighted by atomic mass is 35.5. The Hall–Kier alpha value is -0.930. The molecule has 3 nitrogen and oxygen atoms in total. The number of rotatable bonds is 2. The van der Waals surface area contributed by atoms with Crippen LogP contribution in [-0.4, -0.2) is 37.6 Å². The average Bonchev–Trinajstić information content (AvgIpc) is 2.36. The molecule has 0 unspecified atom stereocenters. The summed E-state index contributed by atoms with van der Waals surface area (Å²) in [7, 11) is 0. The predicted molar refractivity (Wildman–Crippen MR) is 74.9 cm³/mol. The van der Waals surface area contributed by atoms with Gasteiger partial charge < -0.3 is 15.5 Å². The third-order valence-corrected chi connectivity index (χ3v) is 4.05. The Labute approximate surface area is 108 Å². The molecular formula is C13H20ClN3. The van der Waals surface area contributed by atoms with Gasteiger partial charge in [-0.3, -0.25) is 0 Å². The lowest BCUT2D eigenvalue weighted by Gasteiger charge is -2.36. The Kier molecular flexibility index (Phi) is 3.79. The number of nitrogen functional groups attached to an aromatic ring is 1. The summed E-state index contributed by atoms with van der Waals surface area (Å²) in [6.45, 7) is 9.60. The highest BCUT2D eigenvalue weighted by Crippen LogP contribution is 2.32. The lowest BCUT2D eigenvalue weighted by atomic mass is 10.1. The molecular weight excluding hydrogens is 234 g/mol. The normalized spacial score (nSPS) is 17.5. The van der Waals surface area contributed by atoms with Crippen molar-refractivity contribution in [3.63, 3.8) is 0 Å². The number of hydrogen-bond acceptors (Lipinski definition) is 3. The van der Waals surface area contributed by atoms with E-state index in [1.165, 1.54) is 0 Å². The number of halogens is 1. The predicted octanol–water partition coefficient (Wildman–Crippen LogP) is 2.37. The largest absolute Gasteiger partial charge is 0.398 e. The first-order valence-corrected chi connectivity index (χ1v) is 6.53. The van der Waals surface area contributed by atoms with Crippen LogP contribution in [0.2, 0.25) is 5.02 Å². The molecule has 1 aromatic rings. The van der Waals surface area contributed by atoms with Crippen molar-refractivity contribution in [1.82, 2.24) is 4.90 Å². The molecule has 0 amide bonds. The van der Waals surface area contributed by atoms with Gasteiger partial charge in [0.05, 0.1) is 10.7 Å². The first-order valence-electron chi connectivity index (χ1n) is 6.15. The van der Waals surface area contributed by atoms with Crippen LogP contribution in [0.5, 0.6) is 0 Å². The molecule has 0 saturated carbocycles. The lowest BCUT2D eigenvalue weighted by molar-refractivity contribution is 0.271. The van der Waals surface area contributed by atoms with Crippen molar-refractivity contribution in [1.29, 1.82) is 0 Å². The number of nitrogens with zero attached hydrogens (tertiary/aromatic N) is 2. The van der Waals surface area contributed by atoms with Crippen LogP contribution in [0, 0.1) is 6.92 Å². The zero-order valence-electron chi connectivity index (χ0n) is 10.5. The fourth-order valence-corrected chi connectivity index (χ4v) is 2.53. The molecule has 1 aromatic carbocycles. The summed E-state index contributed by atoms with van der Waals surface area (Å²) in [4.78, 5) is 4.80. The zero-order valence-corrected chi connectivity index (χ0v) is 11.3. The van der Waals surface area contributed by atoms with E-state index in [1.807, 2.05) is 19.1 Å². The van der Waals surface area contributed by atoms with Crippen LogP contribution in [-0.2, 0) is 0 Å². The fraction of sp³-hybridized carbons (Fsp3) is 0.538. The van der Waals surface area contributed by atoms with Crippen LogP contribution < -0.4 is 10.6 Å². The van der Waals surface area contributed by atoms with Gasteiger partial charge in [0.15, 0.2) is 0 Å². The van der Waals surface area contributed by atoms with E-state index >= 15 is 0 Å². The summed E-state index contributed by atoms with van der Waals surface area (Å²) in [5, 5.41) is 0.801. The molecule has 0 spiro atoms. The quantitative estimate of drug-likeness (QED) is 0.822. The zero-order chi connectivity index (χ0) is 12.4. The molecule has 4 heteroatoms. The van der Waals surface area contributed by atoms with E-state index in [1.54, 1.807) is 0 Å². The van der Waals surface area contributed by atoms with Crippen molar-refractivity contribution >= 4 is 23.0 Å². The monoisotopic (exact) mass is 253 g/mol. The Balaban J connectivity index is 2.16. The molecule has 1 saturated heterocycles. The number of likely N-dealkylation sites (N-methyl/N-ethyl adjacent to an activating group) is 1. The summed E-state index contributed by atoms with van der Waals surface area (Å²) in [5.74, 6) is 0. The second-order valence-corrected chi connectivity index (χ2v) is 4.91. The molecule has 0 radical (unpaired) electrons. The van der Waals surface area contributed by atoms with Gasteiger partial charge in [-0.15, -0.1) is 0 Å². The molecule has 1 aliphatic rings. The molecule has 0 aliphatic carbocycles. The van der Waals surface area contributed by atoms with Gasteiger partial charge >= 0.3 is 0 Å². The number of anilines is 2. The van der Waals surface area contributed by atoms with E-state index in [0.717, 1.165) is 54.7 Å². The van der Waals surface area contributed by atoms with E-state index in [0.29, 0.717) is 0 Å². The van der Waals surface area contributed by atoms with Gasteiger partial charge in [0.2, 0.25) is 0 Å². The van der Waals surface area contributed by atoms with Crippen LogP contribution in [0.4, 0.5) is 11.4 Å². The summed E-state index contributed by atoms with van der Waals surface area (Å²) < 4.78 is 0. The topological polar surface area (TPSA) is 32.5 Å². The number of piperazine rings is 1. The molecule has 2 N–H and O–H groups in total. The molecule has 1 aliphatic heterocycles. The second kappa shape index (κ2) is 5.15. The maximum atomic E-state index is 6.37. The first kappa shape index (κ1) is 12.5. The fourth-order valence-electron chi connectivity index (χ4n) is 2.23. The second-order valence-electron chi connectivity index (χ2n) is 4.53. The lowest BCUT2D eigenvalue weighted by Crippen LogP contribution is -2.46. The van der Waals surface area contributed by atoms with Gasteiger partial charge in [0.1, 0.15) is 0 Å². The third-order valence-electron chi connectivity index (χ3n) is 3.57. The highest BCUT2D eigenvalue weighted by molar-refractivity contribution is 6.34. The van der Waals surface area contributed by atoms with Gasteiger partial charge in [-0.1, -0.05) is 18.5 Å². The van der Waals surface area contributed by atoms with E-state index < -0.39 is 0 Å². The van der Waals surface area contributed by atoms with Crippen molar-refractivity contribution in [2.24, 2.45) is 0 Å². The van der Waals surface area contributed by atoms with Crippen LogP contribution in [0.3, 0.4) is 0 Å². The molecule has 1 fully saturated rings. The summed E-state index contributed by atoms with van der Waals surface area (Å²) >= 11 is 6.37. The number of nitrogens with two attached hydrogens (primary N) is 1. The van der Waals surface area contributed by atoms with Crippen molar-refractivity contribution in [3.05, 3.63) is 22.7 Å². The third kappa shape index (κ3) is 2.50. The van der Waals surface area contributed by atoms with Crippen LogP contribution in [0.1, 0.15) is 12.5 Å². The van der Waals surface area contributed by atoms with Gasteiger partial charge in [-0.2, -0.15) is 0 Å². The first-order chi connectivity index (χ1) is 8.13. The van der Waals surface area contributed by atoms with Crippen molar-refractivity contribution < 1.29 is 0 Å². The molecule has 0 bridgehead atoms. The van der Waals surface area contributed by atoms with Gasteiger partial charge in [0, 0.05) is 31.9 Å². The van der Waals surface area contributed by atoms with Crippen molar-refractivity contribution in [3.8, 4) is 0 Å². The minimum atomic E-state index is 0.769. The standard InChI is InChI=1S/C13H20ClN3/c1-3-16-6-8-17(9-7-16)12-5-4-11(15)10(2)13(12)14/h4-5H,3,6-9,15H2,1-2H3. The Morgan fingerprint density at radius 3 is 2.47 bits per heavy atom. The molecule has 1 heterocycles. The summed E-state index contributed by atoms with van der Waals surface area (Å²) in [6, 6.07) is 3.98. The van der Waals surface area contributed by atoms with Gasteiger partial charge in [-0.05, 0) is 31.2 Å². The summed E-state index contributed by atoms with van der Waals surface area (Å²) in [6.07, 6.45) is 0. The molecule has 17 heavy (non-hydrogen) atoms. The molecule has 0 atom stereocenters. The minimum Gasteiger partial charge on any atom is -0.398 e. The molecule has 0 aromatic heterocycles. The van der Waals surface area contributed by atoms with Crippen LogP contribution >= 0.6 is 11.6 Å². The SMILES string of the molecule is CCN1CCN(c2ccc(N)c(C)c2Cl)CC1. The maximum absolute atomic E-state index is 6.37. The van der Waals surface area contributed by atoms with Crippen molar-refractivity contribution in [2.75, 3.05) is 43.4 Å². The number of hydrogen-bond donors (Lipinski definition) is 1. The van der Waals surface area contributed by atoms with Gasteiger partial charge in [0.25, 0.3) is 0 Å². The van der Waals surface area contributed by atoms with Crippen LogP contribution in [0.25, 0.3) is 0 Å². The Bertz CT molecular complexity index is 398. The number of benzene rings is 1. The smallest absolute Gasteiger partial charge is 0.0689 e. The van der Waals surface area contributed by atoms with Crippen LogP contribution in [0.15, 0.2) is 12.1 Å². The highest BCUT2D eigenvalue weighted by Gasteiger charge is 2.18. The van der Waals surface area contributed by atoms with E-state index in [2.05, 4.69) is 16.7 Å². The molecule has 2 rings (SSSR count).